The summed E-state index contributed by atoms with van der Waals surface area (Å²) in [4.78, 5) is 0. The molecule has 1 aromatic rings. The quantitative estimate of drug-likeness (QED) is 0.674. The predicted octanol–water partition coefficient (Wildman–Crippen LogP) is 3.12. The van der Waals surface area contributed by atoms with Gasteiger partial charge < -0.3 is 11.5 Å². The molecule has 0 aliphatic rings. The lowest BCUT2D eigenvalue weighted by Crippen LogP contribution is -2.42. The number of thiophene rings is 1. The second-order valence-electron chi connectivity index (χ2n) is 6.72. The molecular weight excluding hydrogens is 355 g/mol. The third kappa shape index (κ3) is 7.16. The Labute approximate surface area is 148 Å². The number of rotatable bonds is 8. The minimum absolute atomic E-state index is 0. The van der Waals surface area contributed by atoms with Crippen LogP contribution in [0.5, 0.6) is 0 Å². The Bertz CT molecular complexity index is 364. The van der Waals surface area contributed by atoms with Gasteiger partial charge in [-0.15, -0.1) is 24.8 Å². The van der Waals surface area contributed by atoms with E-state index in [1.807, 2.05) is 0 Å². The summed E-state index contributed by atoms with van der Waals surface area (Å²) in [5, 5.41) is 0. The molecule has 2 nitrogen and oxygen atoms in total. The van der Waals surface area contributed by atoms with Crippen LogP contribution in [0, 0.1) is 0 Å². The van der Waals surface area contributed by atoms with E-state index in [0.29, 0.717) is 0 Å². The highest BCUT2D eigenvalue weighted by Crippen LogP contribution is 2.19. The van der Waals surface area contributed by atoms with Gasteiger partial charge in [0, 0.05) is 0 Å². The average molecular weight is 388 g/mol. The molecule has 1 heterocycles. The third-order valence-electron chi connectivity index (χ3n) is 3.95. The highest BCUT2D eigenvalue weighted by Gasteiger charge is 2.29. The standard InChI is InChI=1S/C14H30N2SSi2.2ClH/c1-18(2,11-5-9-15)13-7-8-14(17-13)19(3,4)12-6-10-16;;/h7-8H,5-6,9-12,15-16H2,1-4H3;2*1H. The average Bonchev–Trinajstić information content (AvgIpc) is 2.85. The van der Waals surface area contributed by atoms with E-state index in [-0.39, 0.29) is 24.8 Å². The molecule has 1 aromatic heterocycles. The van der Waals surface area contributed by atoms with Gasteiger partial charge in [0.2, 0.25) is 0 Å². The molecular formula is C14H32Cl2N2SSi2. The highest BCUT2D eigenvalue weighted by molar-refractivity contribution is 7.35. The zero-order valence-corrected chi connectivity index (χ0v) is 18.2. The van der Waals surface area contributed by atoms with Gasteiger partial charge >= 0.3 is 0 Å². The summed E-state index contributed by atoms with van der Waals surface area (Å²) in [7, 11) is -2.51. The van der Waals surface area contributed by atoms with Crippen LogP contribution in [0.2, 0.25) is 38.3 Å². The molecule has 0 fully saturated rings. The van der Waals surface area contributed by atoms with Gasteiger partial charge in [0.1, 0.15) is 0 Å². The van der Waals surface area contributed by atoms with Crippen molar-refractivity contribution < 1.29 is 0 Å². The van der Waals surface area contributed by atoms with Crippen molar-refractivity contribution in [3.63, 3.8) is 0 Å². The van der Waals surface area contributed by atoms with Crippen LogP contribution < -0.4 is 20.5 Å². The Morgan fingerprint density at radius 2 is 1.14 bits per heavy atom. The topological polar surface area (TPSA) is 52.0 Å². The molecule has 0 aliphatic carbocycles. The van der Waals surface area contributed by atoms with Crippen molar-refractivity contribution >= 4 is 61.3 Å². The normalized spacial score (nSPS) is 11.7. The van der Waals surface area contributed by atoms with Gasteiger partial charge in [0.05, 0.1) is 16.1 Å². The lowest BCUT2D eigenvalue weighted by atomic mass is 10.5. The smallest absolute Gasteiger partial charge is 0.0934 e. The summed E-state index contributed by atoms with van der Waals surface area (Å²) in [6, 6.07) is 7.43. The molecule has 0 aromatic carbocycles. The van der Waals surface area contributed by atoms with Crippen LogP contribution in [0.4, 0.5) is 0 Å². The maximum absolute atomic E-state index is 5.66. The minimum Gasteiger partial charge on any atom is -0.330 e. The fourth-order valence-corrected chi connectivity index (χ4v) is 10.4. The lowest BCUT2D eigenvalue weighted by molar-refractivity contribution is 0.915. The van der Waals surface area contributed by atoms with Gasteiger partial charge in [-0.25, -0.2) is 0 Å². The molecule has 126 valence electrons. The Kier molecular flexibility index (Phi) is 11.9. The molecule has 0 saturated heterocycles. The van der Waals surface area contributed by atoms with Gasteiger partial charge in [0.15, 0.2) is 0 Å². The van der Waals surface area contributed by atoms with Crippen molar-refractivity contribution in [2.24, 2.45) is 11.5 Å². The van der Waals surface area contributed by atoms with Gasteiger partial charge in [-0.3, -0.25) is 0 Å². The molecule has 0 radical (unpaired) electrons. The Morgan fingerprint density at radius 1 is 0.810 bits per heavy atom. The molecule has 0 aliphatic heterocycles. The fraction of sp³-hybridized carbons (Fsp3) is 0.714. The first kappa shape index (κ1) is 23.9. The van der Waals surface area contributed by atoms with Crippen molar-refractivity contribution in [1.82, 2.24) is 0 Å². The zero-order valence-electron chi connectivity index (χ0n) is 13.8. The van der Waals surface area contributed by atoms with E-state index in [2.05, 4.69) is 49.7 Å². The van der Waals surface area contributed by atoms with Gasteiger partial charge in [-0.2, -0.15) is 11.3 Å². The lowest BCUT2D eigenvalue weighted by Gasteiger charge is -2.22. The molecule has 4 N–H and O–H groups in total. The molecule has 0 bridgehead atoms. The number of halogens is 2. The zero-order chi connectivity index (χ0) is 14.5. The molecule has 1 rings (SSSR count). The monoisotopic (exact) mass is 386 g/mol. The van der Waals surface area contributed by atoms with E-state index in [1.165, 1.54) is 24.9 Å². The predicted molar refractivity (Wildman–Crippen MR) is 110 cm³/mol. The van der Waals surface area contributed by atoms with Crippen molar-refractivity contribution in [2.45, 2.75) is 51.1 Å². The summed E-state index contributed by atoms with van der Waals surface area (Å²) in [6.45, 7) is 11.6. The Morgan fingerprint density at radius 3 is 1.43 bits per heavy atom. The molecule has 0 saturated carbocycles. The summed E-state index contributed by atoms with van der Waals surface area (Å²) in [5.41, 5.74) is 11.3. The van der Waals surface area contributed by atoms with Gasteiger partial charge in [-0.1, -0.05) is 50.4 Å². The molecule has 0 atom stereocenters. The molecule has 0 spiro atoms. The van der Waals surface area contributed by atoms with Gasteiger partial charge in [-0.05, 0) is 34.9 Å². The van der Waals surface area contributed by atoms with Crippen LogP contribution in [0.1, 0.15) is 12.8 Å². The van der Waals surface area contributed by atoms with Crippen LogP contribution in [-0.4, -0.2) is 29.2 Å². The molecule has 21 heavy (non-hydrogen) atoms. The SMILES string of the molecule is C[Si](C)(CCCN)c1ccc([Si](C)(C)CCCN)s1.Cl.Cl. The second kappa shape index (κ2) is 10.4. The number of nitrogens with two attached hydrogens (primary N) is 2. The maximum atomic E-state index is 5.66. The first-order chi connectivity index (χ1) is 8.83. The van der Waals surface area contributed by atoms with Crippen molar-refractivity contribution in [1.29, 1.82) is 0 Å². The van der Waals surface area contributed by atoms with Crippen LogP contribution in [0.25, 0.3) is 0 Å². The first-order valence-electron chi connectivity index (χ1n) is 7.34. The molecule has 0 unspecified atom stereocenters. The third-order valence-corrected chi connectivity index (χ3v) is 14.8. The number of hydrogen-bond donors (Lipinski definition) is 2. The van der Waals surface area contributed by atoms with Gasteiger partial charge in [0.25, 0.3) is 0 Å². The van der Waals surface area contributed by atoms with E-state index in [4.69, 9.17) is 11.5 Å². The van der Waals surface area contributed by atoms with Crippen LogP contribution in [0.3, 0.4) is 0 Å². The van der Waals surface area contributed by atoms with Crippen molar-refractivity contribution in [3.05, 3.63) is 12.1 Å². The van der Waals surface area contributed by atoms with E-state index in [0.717, 1.165) is 13.1 Å². The van der Waals surface area contributed by atoms with Crippen LogP contribution in [0.15, 0.2) is 12.1 Å². The largest absolute Gasteiger partial charge is 0.330 e. The summed E-state index contributed by atoms with van der Waals surface area (Å²) in [6.07, 6.45) is 2.33. The number of hydrogen-bond acceptors (Lipinski definition) is 3. The second-order valence-corrected chi connectivity index (χ2v) is 18.1. The maximum Gasteiger partial charge on any atom is 0.0934 e. The molecule has 0 amide bonds. The van der Waals surface area contributed by atoms with E-state index in [9.17, 15) is 0 Å². The Hall–Kier alpha value is 0.634. The van der Waals surface area contributed by atoms with E-state index < -0.39 is 16.1 Å². The van der Waals surface area contributed by atoms with Crippen molar-refractivity contribution in [2.75, 3.05) is 13.1 Å². The fourth-order valence-electron chi connectivity index (χ4n) is 2.40. The highest BCUT2D eigenvalue weighted by atomic mass is 35.5. The summed E-state index contributed by atoms with van der Waals surface area (Å²) in [5.74, 6) is 0. The summed E-state index contributed by atoms with van der Waals surface area (Å²) >= 11 is 2.09. The Balaban J connectivity index is 0. The first-order valence-corrected chi connectivity index (χ1v) is 14.6. The van der Waals surface area contributed by atoms with Crippen molar-refractivity contribution in [3.8, 4) is 0 Å². The van der Waals surface area contributed by atoms with Crippen LogP contribution >= 0.6 is 36.2 Å². The minimum atomic E-state index is -1.25. The van der Waals surface area contributed by atoms with E-state index in [1.54, 1.807) is 9.00 Å². The molecule has 7 heteroatoms. The summed E-state index contributed by atoms with van der Waals surface area (Å²) < 4.78 is 3.31. The van der Waals surface area contributed by atoms with Crippen LogP contribution in [-0.2, 0) is 0 Å². The van der Waals surface area contributed by atoms with E-state index >= 15 is 0 Å².